The number of hydrogen-bond donors (Lipinski definition) is 0. The number of nitrogens with zero attached hydrogens (tertiary/aromatic N) is 2. The molecule has 0 spiro atoms. The second-order valence-corrected chi connectivity index (χ2v) is 8.09. The van der Waals surface area contributed by atoms with E-state index in [4.69, 9.17) is 4.74 Å². The molecule has 1 fully saturated rings. The first kappa shape index (κ1) is 18.8. The summed E-state index contributed by atoms with van der Waals surface area (Å²) >= 11 is 3.45. The van der Waals surface area contributed by atoms with Crippen molar-refractivity contribution in [3.8, 4) is 0 Å². The Morgan fingerprint density at radius 3 is 2.46 bits per heavy atom. The van der Waals surface area contributed by atoms with E-state index in [1.165, 1.54) is 0 Å². The van der Waals surface area contributed by atoms with Gasteiger partial charge in [-0.3, -0.25) is 4.79 Å². The summed E-state index contributed by atoms with van der Waals surface area (Å²) in [5.41, 5.74) is 1.19. The van der Waals surface area contributed by atoms with Gasteiger partial charge in [0.15, 0.2) is 0 Å². The Bertz CT molecular complexity index is 640. The molecule has 5 nitrogen and oxygen atoms in total. The van der Waals surface area contributed by atoms with E-state index in [9.17, 15) is 9.59 Å². The standard InChI is InChI=1S/C18H25BrN2O3/c1-12-10-14(6-7-15(12)19)16(22)20-8-9-21(13(2)11-20)17(23)24-18(3,4)5/h6-7,10,13H,8-9,11H2,1-5H3/t13-/m0/s1. The molecule has 24 heavy (non-hydrogen) atoms. The van der Waals surface area contributed by atoms with E-state index in [1.807, 2.05) is 52.8 Å². The number of hydrogen-bond acceptors (Lipinski definition) is 3. The van der Waals surface area contributed by atoms with E-state index < -0.39 is 5.60 Å². The zero-order chi connectivity index (χ0) is 18.1. The molecule has 0 unspecified atom stereocenters. The lowest BCUT2D eigenvalue weighted by molar-refractivity contribution is 0.00198. The summed E-state index contributed by atoms with van der Waals surface area (Å²) in [7, 11) is 0. The summed E-state index contributed by atoms with van der Waals surface area (Å²) < 4.78 is 6.42. The minimum atomic E-state index is -0.515. The third-order valence-electron chi connectivity index (χ3n) is 3.95. The van der Waals surface area contributed by atoms with Gasteiger partial charge in [0.05, 0.1) is 0 Å². The van der Waals surface area contributed by atoms with Crippen molar-refractivity contribution in [3.05, 3.63) is 33.8 Å². The summed E-state index contributed by atoms with van der Waals surface area (Å²) in [5, 5.41) is 0. The lowest BCUT2D eigenvalue weighted by atomic mass is 10.1. The topological polar surface area (TPSA) is 49.9 Å². The van der Waals surface area contributed by atoms with Gasteiger partial charge in [-0.2, -0.15) is 0 Å². The predicted molar refractivity (Wildman–Crippen MR) is 97.2 cm³/mol. The first-order valence-electron chi connectivity index (χ1n) is 8.13. The van der Waals surface area contributed by atoms with Crippen LogP contribution in [0, 0.1) is 6.92 Å². The van der Waals surface area contributed by atoms with Gasteiger partial charge in [0.1, 0.15) is 5.60 Å². The minimum Gasteiger partial charge on any atom is -0.444 e. The molecule has 2 amide bonds. The van der Waals surface area contributed by atoms with Crippen molar-refractivity contribution in [1.82, 2.24) is 9.80 Å². The SMILES string of the molecule is Cc1cc(C(=O)N2CCN(C(=O)OC(C)(C)C)[C@@H](C)C2)ccc1Br. The highest BCUT2D eigenvalue weighted by molar-refractivity contribution is 9.10. The van der Waals surface area contributed by atoms with Crippen molar-refractivity contribution in [2.24, 2.45) is 0 Å². The average Bonchev–Trinajstić information content (AvgIpc) is 2.47. The van der Waals surface area contributed by atoms with Gasteiger partial charge in [0.2, 0.25) is 0 Å². The highest BCUT2D eigenvalue weighted by atomic mass is 79.9. The van der Waals surface area contributed by atoms with E-state index in [0.29, 0.717) is 25.2 Å². The van der Waals surface area contributed by atoms with Crippen molar-refractivity contribution in [2.45, 2.75) is 46.3 Å². The fraction of sp³-hybridized carbons (Fsp3) is 0.556. The smallest absolute Gasteiger partial charge is 0.410 e. The maximum absolute atomic E-state index is 12.7. The van der Waals surface area contributed by atoms with Crippen LogP contribution in [-0.2, 0) is 4.74 Å². The Morgan fingerprint density at radius 2 is 1.92 bits per heavy atom. The number of aryl methyl sites for hydroxylation is 1. The van der Waals surface area contributed by atoms with Crippen LogP contribution in [0.15, 0.2) is 22.7 Å². The molecule has 0 N–H and O–H groups in total. The van der Waals surface area contributed by atoms with Crippen LogP contribution in [0.25, 0.3) is 0 Å². The van der Waals surface area contributed by atoms with Crippen molar-refractivity contribution in [3.63, 3.8) is 0 Å². The van der Waals surface area contributed by atoms with Crippen LogP contribution in [0.2, 0.25) is 0 Å². The fourth-order valence-corrected chi connectivity index (χ4v) is 2.94. The molecule has 1 atom stereocenters. The third kappa shape index (κ3) is 4.50. The normalized spacial score (nSPS) is 18.5. The van der Waals surface area contributed by atoms with Gasteiger partial charge >= 0.3 is 6.09 Å². The molecular weight excluding hydrogens is 372 g/mol. The Balaban J connectivity index is 2.03. The number of benzene rings is 1. The Labute approximate surface area is 152 Å². The summed E-state index contributed by atoms with van der Waals surface area (Å²) in [4.78, 5) is 28.4. The third-order valence-corrected chi connectivity index (χ3v) is 4.84. The molecule has 1 saturated heterocycles. The predicted octanol–water partition coefficient (Wildman–Crippen LogP) is 3.84. The number of amides is 2. The number of halogens is 1. The van der Waals surface area contributed by atoms with Gasteiger partial charge in [-0.1, -0.05) is 15.9 Å². The molecule has 2 rings (SSSR count). The van der Waals surface area contributed by atoms with Crippen molar-refractivity contribution in [1.29, 1.82) is 0 Å². The van der Waals surface area contributed by atoms with Crippen molar-refractivity contribution < 1.29 is 14.3 Å². The van der Waals surface area contributed by atoms with Gasteiger partial charge in [-0.05, 0) is 58.4 Å². The van der Waals surface area contributed by atoms with Crippen LogP contribution in [0.4, 0.5) is 4.79 Å². The van der Waals surface area contributed by atoms with E-state index in [0.717, 1.165) is 10.0 Å². The lowest BCUT2D eigenvalue weighted by Crippen LogP contribution is -2.56. The number of carbonyl (C=O) groups excluding carboxylic acids is 2. The first-order chi connectivity index (χ1) is 11.1. The number of rotatable bonds is 1. The van der Waals surface area contributed by atoms with Crippen LogP contribution >= 0.6 is 15.9 Å². The molecule has 0 aliphatic carbocycles. The molecule has 6 heteroatoms. The number of carbonyl (C=O) groups is 2. The van der Waals surface area contributed by atoms with Crippen molar-refractivity contribution >= 4 is 27.9 Å². The summed E-state index contributed by atoms with van der Waals surface area (Å²) in [5.74, 6) is 0.00119. The Kier molecular flexibility index (Phi) is 5.58. The summed E-state index contributed by atoms with van der Waals surface area (Å²) in [6.45, 7) is 11.0. The molecule has 1 aromatic rings. The highest BCUT2D eigenvalue weighted by Gasteiger charge is 2.32. The van der Waals surface area contributed by atoms with E-state index in [1.54, 1.807) is 9.80 Å². The molecule has 0 saturated carbocycles. The molecular formula is C18H25BrN2O3. The Hall–Kier alpha value is -1.56. The van der Waals surface area contributed by atoms with Crippen LogP contribution < -0.4 is 0 Å². The van der Waals surface area contributed by atoms with Gasteiger partial charge in [-0.25, -0.2) is 4.79 Å². The van der Waals surface area contributed by atoms with Crippen LogP contribution in [0.5, 0.6) is 0 Å². The second-order valence-electron chi connectivity index (χ2n) is 7.24. The molecule has 0 aromatic heterocycles. The van der Waals surface area contributed by atoms with Gasteiger partial charge < -0.3 is 14.5 Å². The maximum atomic E-state index is 12.7. The second kappa shape index (κ2) is 7.13. The van der Waals surface area contributed by atoms with Crippen molar-refractivity contribution in [2.75, 3.05) is 19.6 Å². The number of ether oxygens (including phenoxy) is 1. The zero-order valence-corrected chi connectivity index (χ0v) is 16.5. The summed E-state index contributed by atoms with van der Waals surface area (Å²) in [6, 6.07) is 5.53. The van der Waals surface area contributed by atoms with Gasteiger partial charge in [-0.15, -0.1) is 0 Å². The summed E-state index contributed by atoms with van der Waals surface area (Å²) in [6.07, 6.45) is -0.318. The molecule has 1 aromatic carbocycles. The molecule has 1 aliphatic heterocycles. The molecule has 1 aliphatic rings. The monoisotopic (exact) mass is 396 g/mol. The lowest BCUT2D eigenvalue weighted by Gasteiger charge is -2.40. The Morgan fingerprint density at radius 1 is 1.25 bits per heavy atom. The largest absolute Gasteiger partial charge is 0.444 e. The minimum absolute atomic E-state index is 0.00119. The average molecular weight is 397 g/mol. The first-order valence-corrected chi connectivity index (χ1v) is 8.93. The fourth-order valence-electron chi connectivity index (χ4n) is 2.69. The van der Waals surface area contributed by atoms with Crippen LogP contribution in [-0.4, -0.2) is 53.1 Å². The highest BCUT2D eigenvalue weighted by Crippen LogP contribution is 2.20. The molecule has 1 heterocycles. The van der Waals surface area contributed by atoms with Gasteiger partial charge in [0.25, 0.3) is 5.91 Å². The van der Waals surface area contributed by atoms with Crippen LogP contribution in [0.3, 0.4) is 0 Å². The molecule has 0 radical (unpaired) electrons. The van der Waals surface area contributed by atoms with E-state index in [2.05, 4.69) is 15.9 Å². The molecule has 132 valence electrons. The maximum Gasteiger partial charge on any atom is 0.410 e. The van der Waals surface area contributed by atoms with E-state index >= 15 is 0 Å². The zero-order valence-electron chi connectivity index (χ0n) is 14.9. The number of piperazine rings is 1. The quantitative estimate of drug-likeness (QED) is 0.724. The van der Waals surface area contributed by atoms with E-state index in [-0.39, 0.29) is 18.0 Å². The van der Waals surface area contributed by atoms with Gasteiger partial charge in [0, 0.05) is 35.7 Å². The van der Waals surface area contributed by atoms with Crippen LogP contribution in [0.1, 0.15) is 43.6 Å². The molecule has 0 bridgehead atoms.